The third-order valence-electron chi connectivity index (χ3n) is 2.46. The van der Waals surface area contributed by atoms with Crippen molar-refractivity contribution in [3.63, 3.8) is 0 Å². The molecule has 0 saturated heterocycles. The van der Waals surface area contributed by atoms with Gasteiger partial charge in [-0.15, -0.1) is 0 Å². The van der Waals surface area contributed by atoms with Gasteiger partial charge in [0.15, 0.2) is 0 Å². The van der Waals surface area contributed by atoms with E-state index < -0.39 is 0 Å². The number of likely N-dealkylation sites (N-methyl/N-ethyl adjacent to an activating group) is 1. The molecule has 0 heterocycles. The Labute approximate surface area is 86.9 Å². The van der Waals surface area contributed by atoms with Crippen LogP contribution in [0.25, 0.3) is 0 Å². The van der Waals surface area contributed by atoms with E-state index in [1.165, 1.54) is 11.3 Å². The van der Waals surface area contributed by atoms with Gasteiger partial charge in [0, 0.05) is 25.8 Å². The zero-order valence-corrected chi connectivity index (χ0v) is 9.54. The van der Waals surface area contributed by atoms with E-state index in [1.807, 2.05) is 7.05 Å². The molecule has 0 radical (unpaired) electrons. The highest BCUT2D eigenvalue weighted by Gasteiger charge is 2.01. The van der Waals surface area contributed by atoms with Gasteiger partial charge in [0.1, 0.15) is 0 Å². The molecule has 14 heavy (non-hydrogen) atoms. The van der Waals surface area contributed by atoms with Crippen LogP contribution in [0.4, 0.5) is 5.69 Å². The fourth-order valence-electron chi connectivity index (χ4n) is 1.42. The number of hydrogen-bond acceptors (Lipinski definition) is 2. The lowest BCUT2D eigenvalue weighted by molar-refractivity contribution is 0.608. The van der Waals surface area contributed by atoms with Crippen LogP contribution in [0.2, 0.25) is 0 Å². The largest absolute Gasteiger partial charge is 0.378 e. The Hall–Kier alpha value is -1.02. The highest BCUT2D eigenvalue weighted by molar-refractivity contribution is 5.47. The van der Waals surface area contributed by atoms with Gasteiger partial charge < -0.3 is 10.2 Å². The van der Waals surface area contributed by atoms with Crippen molar-refractivity contribution in [1.82, 2.24) is 5.32 Å². The summed E-state index contributed by atoms with van der Waals surface area (Å²) in [6.07, 6.45) is 1.08. The summed E-state index contributed by atoms with van der Waals surface area (Å²) in [7, 11) is 6.14. The summed E-state index contributed by atoms with van der Waals surface area (Å²) in [5.41, 5.74) is 2.66. The summed E-state index contributed by atoms with van der Waals surface area (Å²) in [5, 5.41) is 3.25. The standard InChI is InChI=1S/C12H20N2/c1-10(13-2)8-11-6-5-7-12(9-11)14(3)4/h5-7,9-10,13H,8H2,1-4H3. The van der Waals surface area contributed by atoms with Crippen LogP contribution in [-0.2, 0) is 6.42 Å². The van der Waals surface area contributed by atoms with Crippen LogP contribution >= 0.6 is 0 Å². The van der Waals surface area contributed by atoms with Gasteiger partial charge in [0.05, 0.1) is 0 Å². The maximum atomic E-state index is 3.25. The Bertz CT molecular complexity index is 281. The molecule has 2 heteroatoms. The van der Waals surface area contributed by atoms with Gasteiger partial charge in [0.25, 0.3) is 0 Å². The van der Waals surface area contributed by atoms with E-state index >= 15 is 0 Å². The van der Waals surface area contributed by atoms with E-state index in [0.29, 0.717) is 6.04 Å². The topological polar surface area (TPSA) is 15.3 Å². The van der Waals surface area contributed by atoms with E-state index in [9.17, 15) is 0 Å². The van der Waals surface area contributed by atoms with Gasteiger partial charge in [-0.05, 0) is 38.1 Å². The number of anilines is 1. The number of benzene rings is 1. The molecule has 1 aromatic rings. The summed E-state index contributed by atoms with van der Waals surface area (Å²) >= 11 is 0. The Kier molecular flexibility index (Phi) is 3.96. The fourth-order valence-corrected chi connectivity index (χ4v) is 1.42. The monoisotopic (exact) mass is 192 g/mol. The molecule has 0 aromatic heterocycles. The molecule has 78 valence electrons. The van der Waals surface area contributed by atoms with Crippen LogP contribution in [-0.4, -0.2) is 27.2 Å². The third-order valence-corrected chi connectivity index (χ3v) is 2.46. The zero-order valence-electron chi connectivity index (χ0n) is 9.54. The second kappa shape index (κ2) is 5.01. The predicted octanol–water partition coefficient (Wildman–Crippen LogP) is 1.90. The fraction of sp³-hybridized carbons (Fsp3) is 0.500. The van der Waals surface area contributed by atoms with E-state index in [1.54, 1.807) is 0 Å². The van der Waals surface area contributed by atoms with Crippen LogP contribution in [0, 0.1) is 0 Å². The lowest BCUT2D eigenvalue weighted by atomic mass is 10.1. The first-order chi connectivity index (χ1) is 6.63. The Morgan fingerprint density at radius 3 is 2.64 bits per heavy atom. The van der Waals surface area contributed by atoms with Crippen molar-refractivity contribution >= 4 is 5.69 Å². The lowest BCUT2D eigenvalue weighted by Gasteiger charge is -2.15. The van der Waals surface area contributed by atoms with Gasteiger partial charge in [-0.1, -0.05) is 12.1 Å². The molecule has 0 saturated carbocycles. The second-order valence-corrected chi connectivity index (χ2v) is 3.96. The first kappa shape index (κ1) is 11.1. The van der Waals surface area contributed by atoms with Crippen molar-refractivity contribution in [3.8, 4) is 0 Å². The maximum absolute atomic E-state index is 3.25. The number of hydrogen-bond donors (Lipinski definition) is 1. The Morgan fingerprint density at radius 1 is 1.36 bits per heavy atom. The van der Waals surface area contributed by atoms with E-state index in [-0.39, 0.29) is 0 Å². The van der Waals surface area contributed by atoms with Crippen LogP contribution < -0.4 is 10.2 Å². The minimum Gasteiger partial charge on any atom is -0.378 e. The first-order valence-electron chi connectivity index (χ1n) is 5.07. The molecule has 2 nitrogen and oxygen atoms in total. The van der Waals surface area contributed by atoms with Crippen molar-refractivity contribution in [2.75, 3.05) is 26.0 Å². The summed E-state index contributed by atoms with van der Waals surface area (Å²) in [6, 6.07) is 9.21. The van der Waals surface area contributed by atoms with Crippen molar-refractivity contribution in [2.45, 2.75) is 19.4 Å². The zero-order chi connectivity index (χ0) is 10.6. The third kappa shape index (κ3) is 3.04. The quantitative estimate of drug-likeness (QED) is 0.784. The number of nitrogens with zero attached hydrogens (tertiary/aromatic N) is 1. The van der Waals surface area contributed by atoms with Crippen LogP contribution in [0.15, 0.2) is 24.3 Å². The molecule has 1 rings (SSSR count). The van der Waals surface area contributed by atoms with Crippen molar-refractivity contribution in [1.29, 1.82) is 0 Å². The predicted molar refractivity (Wildman–Crippen MR) is 63.0 cm³/mol. The Morgan fingerprint density at radius 2 is 2.07 bits per heavy atom. The average molecular weight is 192 g/mol. The molecule has 0 fully saturated rings. The smallest absolute Gasteiger partial charge is 0.0363 e. The summed E-state index contributed by atoms with van der Waals surface area (Å²) in [5.74, 6) is 0. The molecule has 1 unspecified atom stereocenters. The minimum absolute atomic E-state index is 0.535. The lowest BCUT2D eigenvalue weighted by Crippen LogP contribution is -2.23. The molecule has 1 aromatic carbocycles. The van der Waals surface area contributed by atoms with Gasteiger partial charge in [-0.2, -0.15) is 0 Å². The van der Waals surface area contributed by atoms with Crippen molar-refractivity contribution < 1.29 is 0 Å². The highest BCUT2D eigenvalue weighted by Crippen LogP contribution is 2.14. The van der Waals surface area contributed by atoms with Crippen LogP contribution in [0.1, 0.15) is 12.5 Å². The normalized spacial score (nSPS) is 12.6. The highest BCUT2D eigenvalue weighted by atomic mass is 15.1. The van der Waals surface area contributed by atoms with Crippen molar-refractivity contribution in [3.05, 3.63) is 29.8 Å². The molecule has 1 atom stereocenters. The maximum Gasteiger partial charge on any atom is 0.0363 e. The van der Waals surface area contributed by atoms with Gasteiger partial charge in [-0.25, -0.2) is 0 Å². The number of rotatable bonds is 4. The molecule has 0 aliphatic heterocycles. The van der Waals surface area contributed by atoms with E-state index in [4.69, 9.17) is 0 Å². The molecule has 0 bridgehead atoms. The van der Waals surface area contributed by atoms with E-state index in [2.05, 4.69) is 55.5 Å². The minimum atomic E-state index is 0.535. The molecule has 0 aliphatic rings. The molecular weight excluding hydrogens is 172 g/mol. The molecule has 0 aliphatic carbocycles. The summed E-state index contributed by atoms with van der Waals surface area (Å²) in [4.78, 5) is 2.13. The van der Waals surface area contributed by atoms with Gasteiger partial charge in [-0.3, -0.25) is 0 Å². The van der Waals surface area contributed by atoms with E-state index in [0.717, 1.165) is 6.42 Å². The van der Waals surface area contributed by atoms with Gasteiger partial charge in [0.2, 0.25) is 0 Å². The van der Waals surface area contributed by atoms with Crippen LogP contribution in [0.5, 0.6) is 0 Å². The van der Waals surface area contributed by atoms with Crippen LogP contribution in [0.3, 0.4) is 0 Å². The molecule has 0 amide bonds. The summed E-state index contributed by atoms with van der Waals surface area (Å²) in [6.45, 7) is 2.20. The van der Waals surface area contributed by atoms with Gasteiger partial charge >= 0.3 is 0 Å². The molecular formula is C12H20N2. The molecule has 1 N–H and O–H groups in total. The summed E-state index contributed by atoms with van der Waals surface area (Å²) < 4.78 is 0. The molecule has 0 spiro atoms. The number of nitrogens with one attached hydrogen (secondary N) is 1. The SMILES string of the molecule is CNC(C)Cc1cccc(N(C)C)c1. The van der Waals surface area contributed by atoms with Crippen molar-refractivity contribution in [2.24, 2.45) is 0 Å². The second-order valence-electron chi connectivity index (χ2n) is 3.96. The first-order valence-corrected chi connectivity index (χ1v) is 5.07. The Balaban J connectivity index is 2.73. The average Bonchev–Trinajstić information content (AvgIpc) is 2.18.